The summed E-state index contributed by atoms with van der Waals surface area (Å²) >= 11 is 0. The summed E-state index contributed by atoms with van der Waals surface area (Å²) in [5.41, 5.74) is 1.45. The van der Waals surface area contributed by atoms with Gasteiger partial charge in [0.15, 0.2) is 12.4 Å². The van der Waals surface area contributed by atoms with Gasteiger partial charge >= 0.3 is 0 Å². The third-order valence-electron chi connectivity index (χ3n) is 6.84. The summed E-state index contributed by atoms with van der Waals surface area (Å²) in [5.74, 6) is 1.12. The molecule has 2 nitrogen and oxygen atoms in total. The Morgan fingerprint density at radius 2 is 1.19 bits per heavy atom. The third-order valence-corrected chi connectivity index (χ3v) is 6.84. The fourth-order valence-corrected chi connectivity index (χ4v) is 4.96. The molecule has 0 saturated heterocycles. The number of benzene rings is 1. The maximum Gasteiger partial charge on any atom is 0.244 e. The molecule has 0 aromatic heterocycles. The topological polar surface area (TPSA) is 24.7 Å². The summed E-state index contributed by atoms with van der Waals surface area (Å²) in [6.07, 6.45) is 26.7. The minimum Gasteiger partial charge on any atom is -0.0965 e. The Bertz CT molecular complexity index is 580. The molecular weight excluding hydrogens is 376 g/mol. The first-order chi connectivity index (χ1) is 15.3. The molecule has 0 amide bonds. The van der Waals surface area contributed by atoms with Crippen molar-refractivity contribution in [3.63, 3.8) is 0 Å². The molecule has 2 atom stereocenters. The van der Waals surface area contributed by atoms with Crippen molar-refractivity contribution < 1.29 is 0 Å². The zero-order valence-corrected chi connectivity index (χ0v) is 20.4. The van der Waals surface area contributed by atoms with E-state index in [4.69, 9.17) is 0 Å². The highest BCUT2D eigenvalue weighted by Gasteiger charge is 2.34. The number of hydrogen-bond acceptors (Lipinski definition) is 2. The predicted molar refractivity (Wildman–Crippen MR) is 138 cm³/mol. The van der Waals surface area contributed by atoms with Gasteiger partial charge in [-0.2, -0.15) is 0 Å². The monoisotopic (exact) mass is 423 g/mol. The number of unbranched alkanes of at least 4 members (excludes halogenated alkanes) is 12. The van der Waals surface area contributed by atoms with Crippen LogP contribution in [-0.2, 0) is 6.42 Å². The van der Waals surface area contributed by atoms with Crippen LogP contribution >= 0.6 is 0 Å². The normalized spacial score (nSPS) is 15.0. The van der Waals surface area contributed by atoms with Crippen LogP contribution in [0.3, 0.4) is 0 Å². The molecule has 2 rings (SSSR count). The Labute approximate surface area is 193 Å². The van der Waals surface area contributed by atoms with E-state index in [9.17, 15) is 0 Å². The summed E-state index contributed by atoms with van der Waals surface area (Å²) in [4.78, 5) is 9.11. The second-order valence-corrected chi connectivity index (χ2v) is 9.41. The molecule has 2 heteroatoms. The lowest BCUT2D eigenvalue weighted by Crippen LogP contribution is -2.21. The van der Waals surface area contributed by atoms with E-state index in [1.54, 1.807) is 0 Å². The van der Waals surface area contributed by atoms with Crippen LogP contribution in [-0.4, -0.2) is 12.4 Å². The van der Waals surface area contributed by atoms with Gasteiger partial charge in [-0.25, -0.2) is 0 Å². The highest BCUT2D eigenvalue weighted by Crippen LogP contribution is 2.35. The van der Waals surface area contributed by atoms with Crippen molar-refractivity contribution in [1.29, 1.82) is 0 Å². The molecule has 2 unspecified atom stereocenters. The van der Waals surface area contributed by atoms with Crippen molar-refractivity contribution in [1.82, 2.24) is 0 Å². The van der Waals surface area contributed by atoms with Crippen LogP contribution in [0.15, 0.2) is 40.3 Å². The summed E-state index contributed by atoms with van der Waals surface area (Å²) in [5, 5.41) is 0. The van der Waals surface area contributed by atoms with Crippen LogP contribution in [0.25, 0.3) is 0 Å². The molecule has 0 aliphatic carbocycles. The largest absolute Gasteiger partial charge is 0.244 e. The lowest BCUT2D eigenvalue weighted by atomic mass is 9.80. The van der Waals surface area contributed by atoms with Gasteiger partial charge in [-0.15, -0.1) is 0 Å². The van der Waals surface area contributed by atoms with Crippen molar-refractivity contribution in [2.24, 2.45) is 21.8 Å². The first kappa shape index (κ1) is 25.7. The maximum absolute atomic E-state index is 4.55. The summed E-state index contributed by atoms with van der Waals surface area (Å²) in [7, 11) is 0. The molecule has 1 aromatic rings. The summed E-state index contributed by atoms with van der Waals surface area (Å²) < 4.78 is 0. The van der Waals surface area contributed by atoms with E-state index in [0.717, 1.165) is 19.0 Å². The van der Waals surface area contributed by atoms with Gasteiger partial charge in [-0.3, -0.25) is 0 Å². The fraction of sp³-hybridized carbons (Fsp3) is 0.690. The van der Waals surface area contributed by atoms with E-state index in [2.05, 4.69) is 54.2 Å². The van der Waals surface area contributed by atoms with Crippen molar-refractivity contribution in [2.45, 2.75) is 117 Å². The molecule has 0 saturated carbocycles. The van der Waals surface area contributed by atoms with Crippen molar-refractivity contribution in [3.05, 3.63) is 42.1 Å². The Morgan fingerprint density at radius 3 is 1.71 bits per heavy atom. The Kier molecular flexibility index (Phi) is 14.1. The van der Waals surface area contributed by atoms with E-state index in [1.807, 2.05) is 12.4 Å². The van der Waals surface area contributed by atoms with Crippen molar-refractivity contribution in [2.75, 3.05) is 0 Å². The molecule has 1 aromatic carbocycles. The van der Waals surface area contributed by atoms with E-state index in [0.29, 0.717) is 11.8 Å². The summed E-state index contributed by atoms with van der Waals surface area (Å²) in [6.45, 7) is 4.59. The van der Waals surface area contributed by atoms with Gasteiger partial charge in [0.1, 0.15) is 0 Å². The van der Waals surface area contributed by atoms with Crippen molar-refractivity contribution in [3.8, 4) is 0 Å². The smallest absolute Gasteiger partial charge is 0.0965 e. The molecule has 1 aliphatic rings. The highest BCUT2D eigenvalue weighted by atomic mass is 15.0. The average Bonchev–Trinajstić information content (AvgIpc) is 3.32. The van der Waals surface area contributed by atoms with Gasteiger partial charge in [0, 0.05) is 0 Å². The molecule has 0 radical (unpaired) electrons. The highest BCUT2D eigenvalue weighted by molar-refractivity contribution is 6.18. The van der Waals surface area contributed by atoms with E-state index in [-0.39, 0.29) is 0 Å². The Hall–Kier alpha value is -1.57. The van der Waals surface area contributed by atoms with Gasteiger partial charge in [-0.1, -0.05) is 138 Å². The number of hydrogen-bond donors (Lipinski definition) is 0. The SMILES string of the molecule is CCCCCCCCCCCCCCCC(Cc1ccccc1)C(CC)[C+]1N=CC=N1. The van der Waals surface area contributed by atoms with E-state index >= 15 is 0 Å². The lowest BCUT2D eigenvalue weighted by molar-refractivity contribution is 0.300. The van der Waals surface area contributed by atoms with Crippen molar-refractivity contribution >= 4 is 12.4 Å². The lowest BCUT2D eigenvalue weighted by Gasteiger charge is -2.24. The van der Waals surface area contributed by atoms with Crippen LogP contribution in [0.2, 0.25) is 0 Å². The van der Waals surface area contributed by atoms with Gasteiger partial charge in [0.25, 0.3) is 0 Å². The van der Waals surface area contributed by atoms with Crippen LogP contribution in [0.1, 0.15) is 116 Å². The van der Waals surface area contributed by atoms with Gasteiger partial charge < -0.3 is 0 Å². The summed E-state index contributed by atoms with van der Waals surface area (Å²) in [6, 6.07) is 11.0. The van der Waals surface area contributed by atoms with Crippen LogP contribution in [0, 0.1) is 18.0 Å². The first-order valence-corrected chi connectivity index (χ1v) is 13.3. The molecule has 1 heterocycles. The zero-order valence-electron chi connectivity index (χ0n) is 20.4. The molecule has 172 valence electrons. The molecule has 0 spiro atoms. The van der Waals surface area contributed by atoms with E-state index < -0.39 is 0 Å². The Morgan fingerprint density at radius 1 is 0.677 bits per heavy atom. The molecule has 0 bridgehead atoms. The Balaban J connectivity index is 1.61. The minimum absolute atomic E-state index is 0.479. The third kappa shape index (κ3) is 11.0. The molecule has 0 N–H and O–H groups in total. The molecule has 31 heavy (non-hydrogen) atoms. The molecular formula is C29H47N2+. The van der Waals surface area contributed by atoms with E-state index in [1.165, 1.54) is 95.5 Å². The molecule has 0 fully saturated rings. The number of aliphatic imine (C=N–C) groups is 2. The number of nitrogens with zero attached hydrogens (tertiary/aromatic N) is 2. The predicted octanol–water partition coefficient (Wildman–Crippen LogP) is 9.00. The zero-order chi connectivity index (χ0) is 22.0. The van der Waals surface area contributed by atoms with Gasteiger partial charge in [0.2, 0.25) is 6.17 Å². The minimum atomic E-state index is 0.479. The number of rotatable bonds is 19. The van der Waals surface area contributed by atoms with Crippen LogP contribution in [0.4, 0.5) is 0 Å². The first-order valence-electron chi connectivity index (χ1n) is 13.3. The van der Waals surface area contributed by atoms with Gasteiger partial charge in [0.05, 0.1) is 5.92 Å². The van der Waals surface area contributed by atoms with Crippen LogP contribution < -0.4 is 0 Å². The average molecular weight is 424 g/mol. The molecule has 1 aliphatic heterocycles. The second kappa shape index (κ2) is 17.0. The fourth-order valence-electron chi connectivity index (χ4n) is 4.96. The van der Waals surface area contributed by atoms with Crippen LogP contribution in [0.5, 0.6) is 0 Å². The second-order valence-electron chi connectivity index (χ2n) is 9.41. The standard InChI is InChI=1S/C29H47N2/c1-3-5-6-7-8-9-10-11-12-13-14-15-19-22-27(25-26-20-17-16-18-21-26)28(4-2)29-30-23-24-31-29/h16-18,20-21,23-24,27-28H,3-15,19,22,25H2,1-2H3/q+1. The quantitative estimate of drug-likeness (QED) is 0.157. The maximum atomic E-state index is 4.55. The van der Waals surface area contributed by atoms with Gasteiger partial charge in [-0.05, 0) is 30.7 Å².